The number of aryl methyl sites for hydroxylation is 1. The maximum absolute atomic E-state index is 13.5. The number of phenols is 1. The Labute approximate surface area is 158 Å². The first kappa shape index (κ1) is 21.0. The third-order valence-corrected chi connectivity index (χ3v) is 6.05. The van der Waals surface area contributed by atoms with E-state index in [0.29, 0.717) is 16.9 Å². The van der Waals surface area contributed by atoms with E-state index in [1.807, 2.05) is 0 Å². The Kier molecular flexibility index (Phi) is 7.47. The number of methoxy groups -OCH3 is 1. The highest BCUT2D eigenvalue weighted by Gasteiger charge is 2.36. The smallest absolute Gasteiger partial charge is 0.343 e. The van der Waals surface area contributed by atoms with Crippen LogP contribution in [-0.4, -0.2) is 41.6 Å². The average Bonchev–Trinajstić information content (AvgIpc) is 2.65. The van der Waals surface area contributed by atoms with E-state index in [9.17, 15) is 9.67 Å². The Morgan fingerprint density at radius 3 is 2.52 bits per heavy atom. The molecule has 8 nitrogen and oxygen atoms in total. The molecule has 1 atom stereocenters. The van der Waals surface area contributed by atoms with Gasteiger partial charge in [0.05, 0.1) is 26.5 Å². The van der Waals surface area contributed by atoms with Crippen molar-refractivity contribution in [3.8, 4) is 11.5 Å². The Balaban J connectivity index is 2.57. The highest BCUT2D eigenvalue weighted by Crippen LogP contribution is 2.60. The van der Waals surface area contributed by atoms with E-state index in [2.05, 4.69) is 15.0 Å². The number of aromatic nitrogens is 2. The van der Waals surface area contributed by atoms with Crippen LogP contribution >= 0.6 is 7.60 Å². The molecule has 1 unspecified atom stereocenters. The minimum Gasteiger partial charge on any atom is -0.504 e. The van der Waals surface area contributed by atoms with Crippen LogP contribution in [0.5, 0.6) is 11.5 Å². The van der Waals surface area contributed by atoms with Gasteiger partial charge < -0.3 is 18.9 Å². The summed E-state index contributed by atoms with van der Waals surface area (Å²) >= 11 is 0. The Morgan fingerprint density at radius 1 is 1.26 bits per heavy atom. The average molecular weight is 393 g/mol. The molecule has 0 aliphatic carbocycles. The van der Waals surface area contributed by atoms with Crippen molar-refractivity contribution in [3.63, 3.8) is 0 Å². The monoisotopic (exact) mass is 393 g/mol. The van der Waals surface area contributed by atoms with Crippen molar-refractivity contribution >= 4 is 19.6 Å². The maximum Gasteiger partial charge on any atom is 0.343 e. The first-order valence-electron chi connectivity index (χ1n) is 8.51. The summed E-state index contributed by atoms with van der Waals surface area (Å²) in [6.07, 6.45) is 6.01. The third kappa shape index (κ3) is 5.13. The van der Waals surface area contributed by atoms with Gasteiger partial charge in [0, 0.05) is 18.6 Å². The van der Waals surface area contributed by atoms with Crippen LogP contribution in [0, 0.1) is 6.92 Å². The second-order valence-electron chi connectivity index (χ2n) is 5.55. The van der Waals surface area contributed by atoms with Crippen LogP contribution in [0.1, 0.15) is 30.6 Å². The normalized spacial score (nSPS) is 13.0. The number of nitrogens with zero attached hydrogens (tertiary/aromatic N) is 3. The molecule has 9 heteroatoms. The quantitative estimate of drug-likeness (QED) is 0.503. The lowest BCUT2D eigenvalue weighted by Crippen LogP contribution is -2.09. The fourth-order valence-corrected chi connectivity index (χ4v) is 4.37. The molecule has 0 fully saturated rings. The summed E-state index contributed by atoms with van der Waals surface area (Å²) in [5.41, 5.74) is 0.342. The van der Waals surface area contributed by atoms with Crippen molar-refractivity contribution in [3.05, 3.63) is 41.9 Å². The minimum absolute atomic E-state index is 0.0218. The lowest BCUT2D eigenvalue weighted by Gasteiger charge is -2.24. The van der Waals surface area contributed by atoms with Gasteiger partial charge in [-0.05, 0) is 38.0 Å². The van der Waals surface area contributed by atoms with E-state index in [1.165, 1.54) is 31.9 Å². The zero-order valence-corrected chi connectivity index (χ0v) is 16.7. The summed E-state index contributed by atoms with van der Waals surface area (Å²) in [6, 6.07) is 3.30. The topological polar surface area (TPSA) is 103 Å². The molecule has 0 spiro atoms. The molecule has 1 heterocycles. The molecule has 0 saturated carbocycles. The number of benzene rings is 1. The second kappa shape index (κ2) is 9.60. The van der Waals surface area contributed by atoms with Crippen molar-refractivity contribution in [2.45, 2.75) is 26.4 Å². The summed E-state index contributed by atoms with van der Waals surface area (Å²) in [5.74, 6) is 0.653. The van der Waals surface area contributed by atoms with E-state index in [1.54, 1.807) is 32.9 Å². The lowest BCUT2D eigenvalue weighted by atomic mass is 10.1. The van der Waals surface area contributed by atoms with Gasteiger partial charge >= 0.3 is 7.60 Å². The predicted molar refractivity (Wildman–Crippen MR) is 103 cm³/mol. The molecule has 1 aromatic heterocycles. The van der Waals surface area contributed by atoms with Crippen molar-refractivity contribution in [2.24, 2.45) is 4.99 Å². The maximum atomic E-state index is 13.5. The molecule has 146 valence electrons. The summed E-state index contributed by atoms with van der Waals surface area (Å²) in [4.78, 5) is 12.3. The fraction of sp³-hybridized carbons (Fsp3) is 0.389. The SMILES string of the molecule is CCOP(=O)(OCC)C(C=Nc1cnccn1)c1cc(C)c(O)c(OC)c1. The van der Waals surface area contributed by atoms with Crippen LogP contribution < -0.4 is 4.74 Å². The molecule has 0 aliphatic rings. The zero-order chi connectivity index (χ0) is 19.9. The third-order valence-electron chi connectivity index (χ3n) is 3.71. The molecule has 27 heavy (non-hydrogen) atoms. The van der Waals surface area contributed by atoms with E-state index in [-0.39, 0.29) is 24.7 Å². The summed E-state index contributed by atoms with van der Waals surface area (Å²) in [5, 5.41) is 10.1. The van der Waals surface area contributed by atoms with Crippen LogP contribution in [0.3, 0.4) is 0 Å². The molecule has 2 rings (SSSR count). The molecular weight excluding hydrogens is 369 g/mol. The molecule has 1 aromatic carbocycles. The van der Waals surface area contributed by atoms with Gasteiger partial charge in [-0.15, -0.1) is 0 Å². The predicted octanol–water partition coefficient (Wildman–Crippen LogP) is 4.21. The summed E-state index contributed by atoms with van der Waals surface area (Å²) in [7, 11) is -2.14. The van der Waals surface area contributed by atoms with Gasteiger partial charge in [0.2, 0.25) is 0 Å². The number of phenolic OH excluding ortho intramolecular Hbond substituents is 1. The van der Waals surface area contributed by atoms with Crippen molar-refractivity contribution in [2.75, 3.05) is 20.3 Å². The molecule has 1 N–H and O–H groups in total. The van der Waals surface area contributed by atoms with Crippen LogP contribution in [0.15, 0.2) is 35.7 Å². The van der Waals surface area contributed by atoms with Crippen molar-refractivity contribution < 1.29 is 23.5 Å². The Hall–Kier alpha value is -2.28. The van der Waals surface area contributed by atoms with E-state index in [4.69, 9.17) is 13.8 Å². The highest BCUT2D eigenvalue weighted by molar-refractivity contribution is 7.55. The van der Waals surface area contributed by atoms with Gasteiger partial charge in [-0.2, -0.15) is 0 Å². The summed E-state index contributed by atoms with van der Waals surface area (Å²) < 4.78 is 29.7. The van der Waals surface area contributed by atoms with Crippen molar-refractivity contribution in [1.29, 1.82) is 0 Å². The molecule has 0 aliphatic heterocycles. The second-order valence-corrected chi connectivity index (χ2v) is 7.70. The molecule has 2 aromatic rings. The lowest BCUT2D eigenvalue weighted by molar-refractivity contribution is 0.217. The number of aromatic hydroxyl groups is 1. The van der Waals surface area contributed by atoms with E-state index < -0.39 is 13.3 Å². The van der Waals surface area contributed by atoms with Crippen LogP contribution in [0.25, 0.3) is 0 Å². The standard InChI is InChI=1S/C18H24N3O5P/c1-5-25-27(23,26-6-2)16(11-21-17-12-19-7-8-20-17)14-9-13(3)18(22)15(10-14)24-4/h7-12,16,22H,5-6H2,1-4H3. The molecule has 0 radical (unpaired) electrons. The highest BCUT2D eigenvalue weighted by atomic mass is 31.2. The fourth-order valence-electron chi connectivity index (χ4n) is 2.51. The van der Waals surface area contributed by atoms with E-state index in [0.717, 1.165) is 0 Å². The minimum atomic E-state index is -3.59. The first-order chi connectivity index (χ1) is 12.9. The molecular formula is C18H24N3O5P. The van der Waals surface area contributed by atoms with Gasteiger partial charge in [-0.3, -0.25) is 9.55 Å². The Morgan fingerprint density at radius 2 is 1.96 bits per heavy atom. The summed E-state index contributed by atoms with van der Waals surface area (Å²) in [6.45, 7) is 5.63. The van der Waals surface area contributed by atoms with Gasteiger partial charge in [-0.25, -0.2) is 9.98 Å². The van der Waals surface area contributed by atoms with Crippen molar-refractivity contribution in [1.82, 2.24) is 9.97 Å². The molecule has 0 amide bonds. The van der Waals surface area contributed by atoms with Gasteiger partial charge in [0.25, 0.3) is 0 Å². The van der Waals surface area contributed by atoms with Gasteiger partial charge in [0.1, 0.15) is 5.66 Å². The van der Waals surface area contributed by atoms with Crippen LogP contribution in [0.4, 0.5) is 5.82 Å². The van der Waals surface area contributed by atoms with Gasteiger partial charge in [-0.1, -0.05) is 6.07 Å². The number of ether oxygens (including phenoxy) is 1. The largest absolute Gasteiger partial charge is 0.504 e. The molecule has 0 bridgehead atoms. The number of rotatable bonds is 9. The van der Waals surface area contributed by atoms with Crippen LogP contribution in [0.2, 0.25) is 0 Å². The first-order valence-corrected chi connectivity index (χ1v) is 10.1. The number of hydrogen-bond acceptors (Lipinski definition) is 8. The van der Waals surface area contributed by atoms with Crippen LogP contribution in [-0.2, 0) is 13.6 Å². The number of hydrogen-bond donors (Lipinski definition) is 1. The van der Waals surface area contributed by atoms with Gasteiger partial charge in [0.15, 0.2) is 17.3 Å². The number of aliphatic imine (C=N–C) groups is 1. The van der Waals surface area contributed by atoms with E-state index >= 15 is 0 Å². The Bertz CT molecular complexity index is 819. The zero-order valence-electron chi connectivity index (χ0n) is 15.8. The molecule has 0 saturated heterocycles.